The number of morpholine rings is 1. The first-order valence-electron chi connectivity index (χ1n) is 9.55. The Labute approximate surface area is 150 Å². The maximum absolute atomic E-state index is 12.4. The zero-order valence-corrected chi connectivity index (χ0v) is 15.2. The van der Waals surface area contributed by atoms with Crippen LogP contribution in [0.2, 0.25) is 0 Å². The highest BCUT2D eigenvalue weighted by atomic mass is 16.5. The lowest BCUT2D eigenvalue weighted by atomic mass is 10.0. The molecule has 0 aliphatic carbocycles. The fraction of sp³-hybridized carbons (Fsp3) is 0.684. The number of amides is 1. The summed E-state index contributed by atoms with van der Waals surface area (Å²) in [6.45, 7) is 8.62. The quantitative estimate of drug-likeness (QED) is 0.798. The summed E-state index contributed by atoms with van der Waals surface area (Å²) in [5.41, 5.74) is 1.63. The number of pyridine rings is 1. The highest BCUT2D eigenvalue weighted by molar-refractivity contribution is 5.93. The molecule has 2 aliphatic rings. The van der Waals surface area contributed by atoms with Crippen molar-refractivity contribution in [1.29, 1.82) is 0 Å². The number of hydrogen-bond donors (Lipinski definition) is 1. The molecule has 0 saturated carbocycles. The summed E-state index contributed by atoms with van der Waals surface area (Å²) >= 11 is 0. The highest BCUT2D eigenvalue weighted by Gasteiger charge is 2.19. The van der Waals surface area contributed by atoms with E-state index in [2.05, 4.69) is 27.0 Å². The second-order valence-corrected chi connectivity index (χ2v) is 7.00. The third-order valence-corrected chi connectivity index (χ3v) is 5.15. The second-order valence-electron chi connectivity index (χ2n) is 7.00. The Bertz CT molecular complexity index is 560. The zero-order chi connectivity index (χ0) is 17.5. The van der Waals surface area contributed by atoms with E-state index in [1.807, 2.05) is 12.1 Å². The van der Waals surface area contributed by atoms with E-state index < -0.39 is 0 Å². The average Bonchev–Trinajstić information content (AvgIpc) is 2.66. The molecule has 2 aliphatic heterocycles. The van der Waals surface area contributed by atoms with Crippen molar-refractivity contribution in [2.24, 2.45) is 0 Å². The predicted octanol–water partition coefficient (Wildman–Crippen LogP) is 1.91. The van der Waals surface area contributed by atoms with Gasteiger partial charge in [0.2, 0.25) is 0 Å². The lowest BCUT2D eigenvalue weighted by molar-refractivity contribution is 0.0374. The van der Waals surface area contributed by atoms with Crippen LogP contribution in [0, 0.1) is 0 Å². The molecule has 1 atom stereocenters. The number of nitrogens with zero attached hydrogens (tertiary/aromatic N) is 3. The molecule has 1 aromatic rings. The molecular formula is C19H30N4O2. The van der Waals surface area contributed by atoms with Crippen molar-refractivity contribution in [3.8, 4) is 0 Å². The van der Waals surface area contributed by atoms with E-state index in [0.717, 1.165) is 51.5 Å². The van der Waals surface area contributed by atoms with E-state index in [-0.39, 0.29) is 5.91 Å². The molecule has 6 heteroatoms. The Hall–Kier alpha value is -1.66. The lowest BCUT2D eigenvalue weighted by Gasteiger charge is -2.35. The van der Waals surface area contributed by atoms with Crippen LogP contribution < -0.4 is 10.2 Å². The Morgan fingerprint density at radius 2 is 2.16 bits per heavy atom. The smallest absolute Gasteiger partial charge is 0.269 e. The van der Waals surface area contributed by atoms with Crippen LogP contribution in [0.25, 0.3) is 0 Å². The molecule has 2 saturated heterocycles. The molecule has 0 aromatic carbocycles. The van der Waals surface area contributed by atoms with E-state index in [0.29, 0.717) is 18.3 Å². The summed E-state index contributed by atoms with van der Waals surface area (Å²) in [5, 5.41) is 3.00. The molecule has 138 valence electrons. The number of rotatable bonds is 6. The molecule has 2 fully saturated rings. The van der Waals surface area contributed by atoms with Gasteiger partial charge in [-0.2, -0.15) is 0 Å². The van der Waals surface area contributed by atoms with Crippen LogP contribution in [0.1, 0.15) is 43.1 Å². The van der Waals surface area contributed by atoms with Gasteiger partial charge in [0.1, 0.15) is 5.69 Å². The van der Waals surface area contributed by atoms with Crippen LogP contribution in [0.15, 0.2) is 18.3 Å². The number of piperidine rings is 1. The van der Waals surface area contributed by atoms with Gasteiger partial charge in [-0.1, -0.05) is 0 Å². The fourth-order valence-corrected chi connectivity index (χ4v) is 3.62. The lowest BCUT2D eigenvalue weighted by Crippen LogP contribution is -2.38. The van der Waals surface area contributed by atoms with Crippen molar-refractivity contribution < 1.29 is 9.53 Å². The van der Waals surface area contributed by atoms with Crippen LogP contribution in [-0.2, 0) is 4.74 Å². The minimum atomic E-state index is -0.0755. The summed E-state index contributed by atoms with van der Waals surface area (Å²) in [4.78, 5) is 21.4. The second kappa shape index (κ2) is 9.15. The molecule has 0 radical (unpaired) electrons. The monoisotopic (exact) mass is 346 g/mol. The van der Waals surface area contributed by atoms with E-state index in [9.17, 15) is 4.79 Å². The van der Waals surface area contributed by atoms with Crippen LogP contribution in [-0.4, -0.2) is 67.8 Å². The van der Waals surface area contributed by atoms with Gasteiger partial charge in [-0.15, -0.1) is 0 Å². The van der Waals surface area contributed by atoms with Gasteiger partial charge in [0.25, 0.3) is 5.91 Å². The Morgan fingerprint density at radius 1 is 1.32 bits per heavy atom. The van der Waals surface area contributed by atoms with Gasteiger partial charge in [-0.05, 0) is 51.3 Å². The molecule has 0 spiro atoms. The largest absolute Gasteiger partial charge is 0.379 e. The maximum Gasteiger partial charge on any atom is 0.269 e. The summed E-state index contributed by atoms with van der Waals surface area (Å²) in [6, 6.07) is 4.47. The number of carbonyl (C=O) groups is 1. The molecule has 0 bridgehead atoms. The first kappa shape index (κ1) is 18.1. The van der Waals surface area contributed by atoms with Gasteiger partial charge < -0.3 is 15.0 Å². The number of ether oxygens (including phenoxy) is 1. The molecule has 6 nitrogen and oxygen atoms in total. The van der Waals surface area contributed by atoms with Crippen LogP contribution in [0.5, 0.6) is 0 Å². The molecule has 0 unspecified atom stereocenters. The Kier molecular flexibility index (Phi) is 6.64. The van der Waals surface area contributed by atoms with Crippen molar-refractivity contribution in [1.82, 2.24) is 15.2 Å². The molecule has 3 rings (SSSR count). The van der Waals surface area contributed by atoms with Crippen LogP contribution in [0.4, 0.5) is 5.69 Å². The van der Waals surface area contributed by atoms with Crippen LogP contribution in [0.3, 0.4) is 0 Å². The third kappa shape index (κ3) is 5.16. The average molecular weight is 346 g/mol. The van der Waals surface area contributed by atoms with E-state index in [4.69, 9.17) is 4.74 Å². The summed E-state index contributed by atoms with van der Waals surface area (Å²) in [6.07, 6.45) is 6.42. The van der Waals surface area contributed by atoms with E-state index in [1.165, 1.54) is 19.3 Å². The Morgan fingerprint density at radius 3 is 2.96 bits per heavy atom. The number of hydrogen-bond acceptors (Lipinski definition) is 5. The first-order chi connectivity index (χ1) is 12.2. The molecule has 1 aromatic heterocycles. The summed E-state index contributed by atoms with van der Waals surface area (Å²) < 4.78 is 5.35. The number of aromatic nitrogens is 1. The number of anilines is 1. The van der Waals surface area contributed by atoms with Crippen molar-refractivity contribution in [2.75, 3.05) is 50.8 Å². The fourth-order valence-electron chi connectivity index (χ4n) is 3.62. The van der Waals surface area contributed by atoms with Gasteiger partial charge in [-0.25, -0.2) is 0 Å². The van der Waals surface area contributed by atoms with Crippen molar-refractivity contribution in [3.05, 3.63) is 24.0 Å². The first-order valence-corrected chi connectivity index (χ1v) is 9.55. The zero-order valence-electron chi connectivity index (χ0n) is 15.2. The van der Waals surface area contributed by atoms with Crippen molar-refractivity contribution in [3.63, 3.8) is 0 Å². The van der Waals surface area contributed by atoms with Crippen molar-refractivity contribution in [2.45, 2.75) is 38.6 Å². The van der Waals surface area contributed by atoms with Gasteiger partial charge in [0.05, 0.1) is 13.2 Å². The van der Waals surface area contributed by atoms with E-state index in [1.54, 1.807) is 6.20 Å². The van der Waals surface area contributed by atoms with Gasteiger partial charge in [0.15, 0.2) is 0 Å². The number of carbonyl (C=O) groups excluding carboxylic acids is 1. The van der Waals surface area contributed by atoms with Crippen molar-refractivity contribution >= 4 is 11.6 Å². The number of nitrogens with one attached hydrogen (secondary N) is 1. The topological polar surface area (TPSA) is 57.7 Å². The van der Waals surface area contributed by atoms with Crippen LogP contribution >= 0.6 is 0 Å². The maximum atomic E-state index is 12.4. The summed E-state index contributed by atoms with van der Waals surface area (Å²) in [7, 11) is 0. The minimum Gasteiger partial charge on any atom is -0.379 e. The third-order valence-electron chi connectivity index (χ3n) is 5.15. The summed E-state index contributed by atoms with van der Waals surface area (Å²) in [5.74, 6) is -0.0755. The SMILES string of the molecule is C[C@H]1CCCCN1c1ccnc(C(=O)NCCCN2CCOCC2)c1. The highest BCUT2D eigenvalue weighted by Crippen LogP contribution is 2.24. The molecule has 3 heterocycles. The van der Waals surface area contributed by atoms with Gasteiger partial charge >= 0.3 is 0 Å². The molecule has 25 heavy (non-hydrogen) atoms. The normalized spacial score (nSPS) is 22.0. The van der Waals surface area contributed by atoms with E-state index >= 15 is 0 Å². The minimum absolute atomic E-state index is 0.0755. The Balaban J connectivity index is 1.47. The molecular weight excluding hydrogens is 316 g/mol. The van der Waals surface area contributed by atoms with Gasteiger partial charge in [-0.3, -0.25) is 14.7 Å². The standard InChI is InChI=1S/C19H30N4O2/c1-16-5-2-3-10-23(16)17-6-8-20-18(15-17)19(24)21-7-4-9-22-11-13-25-14-12-22/h6,8,15-16H,2-5,7,9-14H2,1H3,(H,21,24)/t16-/m0/s1. The molecule has 1 N–H and O–H groups in total. The van der Waals surface area contributed by atoms with Gasteiger partial charge in [0, 0.05) is 44.1 Å². The molecule has 1 amide bonds. The predicted molar refractivity (Wildman–Crippen MR) is 99.1 cm³/mol.